The second-order valence-electron chi connectivity index (χ2n) is 8.43. The molecule has 0 saturated carbocycles. The number of carbonyl (C=O) groups excluding carboxylic acids is 3. The van der Waals surface area contributed by atoms with Gasteiger partial charge in [0.05, 0.1) is 18.7 Å². The number of aliphatic imine (C=N–C) groups is 1. The first-order valence-electron chi connectivity index (χ1n) is 11.2. The van der Waals surface area contributed by atoms with Gasteiger partial charge in [0.1, 0.15) is 11.4 Å². The van der Waals surface area contributed by atoms with Crippen molar-refractivity contribution in [1.82, 2.24) is 10.2 Å². The van der Waals surface area contributed by atoms with Gasteiger partial charge < -0.3 is 15.4 Å². The van der Waals surface area contributed by atoms with Crippen LogP contribution < -0.4 is 10.6 Å². The van der Waals surface area contributed by atoms with E-state index in [1.165, 1.54) is 0 Å². The number of rotatable bonds is 6. The molecule has 2 heterocycles. The lowest BCUT2D eigenvalue weighted by Gasteiger charge is -2.36. The van der Waals surface area contributed by atoms with Gasteiger partial charge in [-0.3, -0.25) is 19.5 Å². The van der Waals surface area contributed by atoms with E-state index < -0.39 is 5.66 Å². The minimum absolute atomic E-state index is 0.130. The summed E-state index contributed by atoms with van der Waals surface area (Å²) in [6, 6.07) is 14.4. The van der Waals surface area contributed by atoms with Gasteiger partial charge in [-0.05, 0) is 38.1 Å². The number of esters is 1. The minimum atomic E-state index is -0.590. The van der Waals surface area contributed by atoms with Crippen molar-refractivity contribution in [3.05, 3.63) is 65.2 Å². The summed E-state index contributed by atoms with van der Waals surface area (Å²) in [6.45, 7) is 5.63. The maximum absolute atomic E-state index is 12.5. The number of ether oxygens (including phenoxy) is 1. The number of likely N-dealkylation sites (tertiary alicyclic amines) is 1. The van der Waals surface area contributed by atoms with Gasteiger partial charge in [0, 0.05) is 37.2 Å². The minimum Gasteiger partial charge on any atom is -0.462 e. The Bertz CT molecular complexity index is 1070. The van der Waals surface area contributed by atoms with E-state index in [-0.39, 0.29) is 24.3 Å². The first kappa shape index (κ1) is 22.7. The van der Waals surface area contributed by atoms with Gasteiger partial charge in [-0.2, -0.15) is 0 Å². The molecule has 4 rings (SSSR count). The molecule has 2 aromatic carbocycles. The molecule has 0 aliphatic carbocycles. The van der Waals surface area contributed by atoms with Crippen LogP contribution in [-0.4, -0.2) is 60.3 Å². The van der Waals surface area contributed by atoms with Crippen LogP contribution in [0.3, 0.4) is 0 Å². The molecule has 172 valence electrons. The molecular formula is C25H28N4O4. The third-order valence-corrected chi connectivity index (χ3v) is 5.94. The number of amides is 2. The Balaban J connectivity index is 1.30. The van der Waals surface area contributed by atoms with Crippen LogP contribution in [0.2, 0.25) is 0 Å². The summed E-state index contributed by atoms with van der Waals surface area (Å²) in [5.74, 6) is -0.657. The highest BCUT2D eigenvalue weighted by Crippen LogP contribution is 2.29. The predicted molar refractivity (Wildman–Crippen MR) is 125 cm³/mol. The Hall–Kier alpha value is -3.52. The van der Waals surface area contributed by atoms with Crippen molar-refractivity contribution in [2.45, 2.75) is 32.4 Å². The monoisotopic (exact) mass is 448 g/mol. The highest BCUT2D eigenvalue weighted by Gasteiger charge is 2.42. The van der Waals surface area contributed by atoms with Crippen molar-refractivity contribution < 1.29 is 19.1 Å². The largest absolute Gasteiger partial charge is 0.462 e. The molecule has 0 aromatic heterocycles. The maximum Gasteiger partial charge on any atom is 0.338 e. The van der Waals surface area contributed by atoms with Crippen molar-refractivity contribution in [3.63, 3.8) is 0 Å². The van der Waals surface area contributed by atoms with E-state index in [0.29, 0.717) is 49.5 Å². The summed E-state index contributed by atoms with van der Waals surface area (Å²) < 4.78 is 4.96. The van der Waals surface area contributed by atoms with E-state index in [0.717, 1.165) is 11.1 Å². The average molecular weight is 449 g/mol. The number of piperidine rings is 1. The molecule has 0 bridgehead atoms. The molecule has 33 heavy (non-hydrogen) atoms. The summed E-state index contributed by atoms with van der Waals surface area (Å²) in [4.78, 5) is 43.6. The van der Waals surface area contributed by atoms with Gasteiger partial charge in [0.2, 0.25) is 5.91 Å². The summed E-state index contributed by atoms with van der Waals surface area (Å²) in [6.07, 6.45) is 1.30. The molecule has 2 aliphatic heterocycles. The second-order valence-corrected chi connectivity index (χ2v) is 8.43. The number of aryl methyl sites for hydroxylation is 1. The van der Waals surface area contributed by atoms with E-state index in [1.807, 2.05) is 31.2 Å². The lowest BCUT2D eigenvalue weighted by molar-refractivity contribution is -0.119. The zero-order valence-corrected chi connectivity index (χ0v) is 18.9. The van der Waals surface area contributed by atoms with Gasteiger partial charge in [0.25, 0.3) is 5.91 Å². The third kappa shape index (κ3) is 5.28. The Labute approximate surface area is 193 Å². The fraction of sp³-hybridized carbons (Fsp3) is 0.360. The van der Waals surface area contributed by atoms with E-state index in [1.54, 1.807) is 31.2 Å². The standard InChI is InChI=1S/C25H28N4O4/c1-3-33-24(32)19-8-10-20(11-9-19)26-21(30)16-29-14-12-25(13-15-29)27-22(23(31)28-25)18-6-4-17(2)5-7-18/h4-11H,3,12-16H2,1-2H3,(H,26,30)(H,28,31). The smallest absolute Gasteiger partial charge is 0.338 e. The Kier molecular flexibility index (Phi) is 6.55. The van der Waals surface area contributed by atoms with Crippen LogP contribution in [0, 0.1) is 6.92 Å². The zero-order valence-electron chi connectivity index (χ0n) is 18.9. The van der Waals surface area contributed by atoms with Crippen LogP contribution in [0.1, 0.15) is 41.3 Å². The maximum atomic E-state index is 12.5. The molecule has 8 nitrogen and oxygen atoms in total. The van der Waals surface area contributed by atoms with Crippen LogP contribution in [0.15, 0.2) is 53.5 Å². The average Bonchev–Trinajstić information content (AvgIpc) is 3.12. The SMILES string of the molecule is CCOC(=O)c1ccc(NC(=O)CN2CCC3(CC2)N=C(c2ccc(C)cc2)C(=O)N3)cc1. The zero-order chi connectivity index (χ0) is 23.4. The second kappa shape index (κ2) is 9.54. The van der Waals surface area contributed by atoms with Crippen molar-refractivity contribution in [2.24, 2.45) is 4.99 Å². The predicted octanol–water partition coefficient (Wildman–Crippen LogP) is 2.52. The number of hydrogen-bond donors (Lipinski definition) is 2. The normalized spacial score (nSPS) is 17.4. The lowest BCUT2D eigenvalue weighted by atomic mass is 9.98. The Morgan fingerprint density at radius 2 is 1.76 bits per heavy atom. The third-order valence-electron chi connectivity index (χ3n) is 5.94. The van der Waals surface area contributed by atoms with Gasteiger partial charge in [0.15, 0.2) is 0 Å². The molecule has 0 atom stereocenters. The van der Waals surface area contributed by atoms with E-state index in [2.05, 4.69) is 15.5 Å². The fourth-order valence-corrected chi connectivity index (χ4v) is 4.10. The van der Waals surface area contributed by atoms with Crippen LogP contribution >= 0.6 is 0 Å². The molecule has 2 aliphatic rings. The van der Waals surface area contributed by atoms with Gasteiger partial charge in [-0.25, -0.2) is 4.79 Å². The Morgan fingerprint density at radius 3 is 2.39 bits per heavy atom. The van der Waals surface area contributed by atoms with Gasteiger partial charge >= 0.3 is 5.97 Å². The highest BCUT2D eigenvalue weighted by atomic mass is 16.5. The summed E-state index contributed by atoms with van der Waals surface area (Å²) in [5.41, 5.74) is 2.91. The van der Waals surface area contributed by atoms with Gasteiger partial charge in [-0.1, -0.05) is 29.8 Å². The number of anilines is 1. The van der Waals surface area contributed by atoms with E-state index in [9.17, 15) is 14.4 Å². The van der Waals surface area contributed by atoms with E-state index in [4.69, 9.17) is 9.73 Å². The quantitative estimate of drug-likeness (QED) is 0.662. The van der Waals surface area contributed by atoms with Crippen LogP contribution in [-0.2, 0) is 14.3 Å². The van der Waals surface area contributed by atoms with Gasteiger partial charge in [-0.15, -0.1) is 0 Å². The molecule has 0 radical (unpaired) electrons. The molecule has 8 heteroatoms. The number of hydrogen-bond acceptors (Lipinski definition) is 6. The molecule has 2 amide bonds. The summed E-state index contributed by atoms with van der Waals surface area (Å²) in [7, 11) is 0. The fourth-order valence-electron chi connectivity index (χ4n) is 4.10. The topological polar surface area (TPSA) is 100 Å². The number of nitrogens with zero attached hydrogens (tertiary/aromatic N) is 2. The number of carbonyl (C=O) groups is 3. The first-order valence-corrected chi connectivity index (χ1v) is 11.2. The highest BCUT2D eigenvalue weighted by molar-refractivity contribution is 6.46. The van der Waals surface area contributed by atoms with Crippen molar-refractivity contribution in [3.8, 4) is 0 Å². The molecular weight excluding hydrogens is 420 g/mol. The number of benzene rings is 2. The summed E-state index contributed by atoms with van der Waals surface area (Å²) >= 11 is 0. The molecule has 2 aromatic rings. The number of nitrogens with one attached hydrogen (secondary N) is 2. The van der Waals surface area contributed by atoms with Crippen molar-refractivity contribution >= 4 is 29.2 Å². The Morgan fingerprint density at radius 1 is 1.09 bits per heavy atom. The van der Waals surface area contributed by atoms with Crippen molar-refractivity contribution in [1.29, 1.82) is 0 Å². The molecule has 0 unspecified atom stereocenters. The molecule has 1 saturated heterocycles. The molecule has 1 fully saturated rings. The molecule has 1 spiro atoms. The lowest BCUT2D eigenvalue weighted by Crippen LogP contribution is -2.52. The molecule has 2 N–H and O–H groups in total. The van der Waals surface area contributed by atoms with Crippen LogP contribution in [0.5, 0.6) is 0 Å². The summed E-state index contributed by atoms with van der Waals surface area (Å²) in [5, 5.41) is 5.92. The van der Waals surface area contributed by atoms with Crippen LogP contribution in [0.25, 0.3) is 0 Å². The first-order chi connectivity index (χ1) is 15.9. The van der Waals surface area contributed by atoms with Crippen molar-refractivity contribution in [2.75, 3.05) is 31.6 Å². The van der Waals surface area contributed by atoms with Crippen LogP contribution in [0.4, 0.5) is 5.69 Å². The van der Waals surface area contributed by atoms with E-state index >= 15 is 0 Å².